The van der Waals surface area contributed by atoms with Crippen LogP contribution in [0.4, 0.5) is 0 Å². The Bertz CT molecular complexity index is 444. The first-order valence-electron chi connectivity index (χ1n) is 5.62. The summed E-state index contributed by atoms with van der Waals surface area (Å²) in [5, 5.41) is 10.3. The number of esters is 1. The van der Waals surface area contributed by atoms with Crippen molar-refractivity contribution in [2.45, 2.75) is 24.7 Å². The SMILES string of the molecule is COC(=O)C1(CO)CCCc2cc(Cl)ccc21. The van der Waals surface area contributed by atoms with Gasteiger partial charge in [-0.05, 0) is 42.5 Å². The van der Waals surface area contributed by atoms with Crippen molar-refractivity contribution in [3.8, 4) is 0 Å². The highest BCUT2D eigenvalue weighted by Crippen LogP contribution is 2.39. The Morgan fingerprint density at radius 2 is 2.35 bits per heavy atom. The van der Waals surface area contributed by atoms with Crippen LogP contribution in [0.2, 0.25) is 5.02 Å². The third-order valence-electron chi connectivity index (χ3n) is 3.48. The van der Waals surface area contributed by atoms with Gasteiger partial charge >= 0.3 is 5.97 Å². The van der Waals surface area contributed by atoms with E-state index in [2.05, 4.69) is 0 Å². The maximum Gasteiger partial charge on any atom is 0.318 e. The average molecular weight is 255 g/mol. The molecule has 1 aromatic carbocycles. The molecule has 1 aliphatic rings. The Morgan fingerprint density at radius 1 is 1.59 bits per heavy atom. The highest BCUT2D eigenvalue weighted by molar-refractivity contribution is 6.30. The molecule has 0 spiro atoms. The summed E-state index contributed by atoms with van der Waals surface area (Å²) in [6, 6.07) is 5.44. The Morgan fingerprint density at radius 3 is 3.00 bits per heavy atom. The van der Waals surface area contributed by atoms with E-state index in [4.69, 9.17) is 16.3 Å². The van der Waals surface area contributed by atoms with E-state index in [0.717, 1.165) is 24.0 Å². The topological polar surface area (TPSA) is 46.5 Å². The second-order valence-electron chi connectivity index (χ2n) is 4.39. The van der Waals surface area contributed by atoms with Gasteiger partial charge in [-0.25, -0.2) is 0 Å². The lowest BCUT2D eigenvalue weighted by Gasteiger charge is -2.35. The molecular formula is C13H15ClO3. The zero-order valence-corrected chi connectivity index (χ0v) is 10.5. The molecule has 0 saturated heterocycles. The van der Waals surface area contributed by atoms with E-state index in [1.54, 1.807) is 6.07 Å². The van der Waals surface area contributed by atoms with Gasteiger partial charge in [0.2, 0.25) is 0 Å². The second kappa shape index (κ2) is 4.67. The number of benzene rings is 1. The summed E-state index contributed by atoms with van der Waals surface area (Å²) < 4.78 is 4.84. The van der Waals surface area contributed by atoms with Gasteiger partial charge in [0.1, 0.15) is 5.41 Å². The molecule has 1 atom stereocenters. The first-order chi connectivity index (χ1) is 8.14. The lowest BCUT2D eigenvalue weighted by atomic mass is 9.70. The van der Waals surface area contributed by atoms with Crippen LogP contribution >= 0.6 is 11.6 Å². The summed E-state index contributed by atoms with van der Waals surface area (Å²) in [6.45, 7) is -0.228. The van der Waals surface area contributed by atoms with Gasteiger partial charge in [-0.1, -0.05) is 17.7 Å². The molecule has 2 rings (SSSR count). The number of methoxy groups -OCH3 is 1. The van der Waals surface area contributed by atoms with Crippen LogP contribution in [-0.2, 0) is 21.4 Å². The molecule has 4 heteroatoms. The summed E-state index contributed by atoms with van der Waals surface area (Å²) in [5.41, 5.74) is 0.970. The largest absolute Gasteiger partial charge is 0.468 e. The zero-order chi connectivity index (χ0) is 12.5. The number of hydrogen-bond donors (Lipinski definition) is 1. The van der Waals surface area contributed by atoms with E-state index in [1.807, 2.05) is 12.1 Å². The number of aliphatic hydroxyl groups excluding tert-OH is 1. The van der Waals surface area contributed by atoms with Gasteiger partial charge < -0.3 is 9.84 Å². The first-order valence-corrected chi connectivity index (χ1v) is 6.00. The van der Waals surface area contributed by atoms with Crippen LogP contribution in [0, 0.1) is 0 Å². The lowest BCUT2D eigenvalue weighted by Crippen LogP contribution is -2.43. The van der Waals surface area contributed by atoms with Crippen LogP contribution in [-0.4, -0.2) is 24.8 Å². The van der Waals surface area contributed by atoms with Crippen LogP contribution in [0.1, 0.15) is 24.0 Å². The standard InChI is InChI=1S/C13H15ClO3/c1-17-12(16)13(8-15)6-2-3-9-7-10(14)4-5-11(9)13/h4-5,7,15H,2-3,6,8H2,1H3. The van der Waals surface area contributed by atoms with Crippen molar-refractivity contribution < 1.29 is 14.6 Å². The number of ether oxygens (including phenoxy) is 1. The Balaban J connectivity index is 2.55. The van der Waals surface area contributed by atoms with Crippen LogP contribution in [0.3, 0.4) is 0 Å². The number of hydrogen-bond acceptors (Lipinski definition) is 3. The highest BCUT2D eigenvalue weighted by atomic mass is 35.5. The molecule has 1 aliphatic carbocycles. The molecule has 0 amide bonds. The van der Waals surface area contributed by atoms with Gasteiger partial charge in [0.05, 0.1) is 13.7 Å². The van der Waals surface area contributed by atoms with Gasteiger partial charge in [0.15, 0.2) is 0 Å². The van der Waals surface area contributed by atoms with Crippen molar-refractivity contribution in [2.24, 2.45) is 0 Å². The van der Waals surface area contributed by atoms with Crippen molar-refractivity contribution in [3.05, 3.63) is 34.3 Å². The van der Waals surface area contributed by atoms with Crippen molar-refractivity contribution in [1.82, 2.24) is 0 Å². The number of aliphatic hydroxyl groups is 1. The van der Waals surface area contributed by atoms with Crippen molar-refractivity contribution in [1.29, 1.82) is 0 Å². The number of halogens is 1. The van der Waals surface area contributed by atoms with Crippen LogP contribution in [0.25, 0.3) is 0 Å². The molecule has 0 radical (unpaired) electrons. The van der Waals surface area contributed by atoms with Crippen LogP contribution < -0.4 is 0 Å². The van der Waals surface area contributed by atoms with Crippen molar-refractivity contribution >= 4 is 17.6 Å². The van der Waals surface area contributed by atoms with Crippen LogP contribution in [0.5, 0.6) is 0 Å². The smallest absolute Gasteiger partial charge is 0.318 e. The van der Waals surface area contributed by atoms with Gasteiger partial charge in [-0.15, -0.1) is 0 Å². The number of carbonyl (C=O) groups excluding carboxylic acids is 1. The molecule has 3 nitrogen and oxygen atoms in total. The second-order valence-corrected chi connectivity index (χ2v) is 4.82. The maximum absolute atomic E-state index is 12.0. The monoisotopic (exact) mass is 254 g/mol. The summed E-state index contributed by atoms with van der Waals surface area (Å²) in [4.78, 5) is 12.0. The summed E-state index contributed by atoms with van der Waals surface area (Å²) >= 11 is 5.95. The summed E-state index contributed by atoms with van der Waals surface area (Å²) in [6.07, 6.45) is 2.35. The first kappa shape index (κ1) is 12.4. The molecule has 1 unspecified atom stereocenters. The third kappa shape index (κ3) is 1.94. The molecule has 0 heterocycles. The average Bonchev–Trinajstić information content (AvgIpc) is 2.36. The fourth-order valence-electron chi connectivity index (χ4n) is 2.59. The predicted octanol–water partition coefficient (Wildman–Crippen LogP) is 2.08. The quantitative estimate of drug-likeness (QED) is 0.822. The molecule has 0 saturated carbocycles. The molecule has 92 valence electrons. The highest BCUT2D eigenvalue weighted by Gasteiger charge is 2.44. The molecule has 0 aromatic heterocycles. The number of aryl methyl sites for hydroxylation is 1. The zero-order valence-electron chi connectivity index (χ0n) is 9.70. The van der Waals surface area contributed by atoms with E-state index >= 15 is 0 Å². The molecule has 1 aromatic rings. The number of rotatable bonds is 2. The Labute approximate surface area is 105 Å². The molecular weight excluding hydrogens is 240 g/mol. The fraction of sp³-hybridized carbons (Fsp3) is 0.462. The van der Waals surface area contributed by atoms with E-state index in [9.17, 15) is 9.90 Å². The molecule has 1 N–H and O–H groups in total. The Hall–Kier alpha value is -1.06. The van der Waals surface area contributed by atoms with E-state index < -0.39 is 5.41 Å². The minimum absolute atomic E-state index is 0.228. The van der Waals surface area contributed by atoms with Gasteiger partial charge in [-0.3, -0.25) is 4.79 Å². The normalized spacial score (nSPS) is 23.0. The third-order valence-corrected chi connectivity index (χ3v) is 3.71. The minimum Gasteiger partial charge on any atom is -0.468 e. The summed E-state index contributed by atoms with van der Waals surface area (Å²) in [7, 11) is 1.35. The summed E-state index contributed by atoms with van der Waals surface area (Å²) in [5.74, 6) is -0.372. The Kier molecular flexibility index (Phi) is 3.40. The van der Waals surface area contributed by atoms with E-state index in [1.165, 1.54) is 7.11 Å². The fourth-order valence-corrected chi connectivity index (χ4v) is 2.78. The molecule has 0 bridgehead atoms. The molecule has 17 heavy (non-hydrogen) atoms. The van der Waals surface area contributed by atoms with Crippen LogP contribution in [0.15, 0.2) is 18.2 Å². The van der Waals surface area contributed by atoms with Gasteiger partial charge in [0.25, 0.3) is 0 Å². The van der Waals surface area contributed by atoms with Crippen molar-refractivity contribution in [2.75, 3.05) is 13.7 Å². The number of carbonyl (C=O) groups is 1. The van der Waals surface area contributed by atoms with Gasteiger partial charge in [0, 0.05) is 5.02 Å². The van der Waals surface area contributed by atoms with Gasteiger partial charge in [-0.2, -0.15) is 0 Å². The van der Waals surface area contributed by atoms with E-state index in [0.29, 0.717) is 11.4 Å². The van der Waals surface area contributed by atoms with Crippen molar-refractivity contribution in [3.63, 3.8) is 0 Å². The molecule has 0 aliphatic heterocycles. The molecule has 0 fully saturated rings. The van der Waals surface area contributed by atoms with E-state index in [-0.39, 0.29) is 12.6 Å². The minimum atomic E-state index is -0.910. The maximum atomic E-state index is 12.0. The predicted molar refractivity (Wildman–Crippen MR) is 65.2 cm³/mol. The lowest BCUT2D eigenvalue weighted by molar-refractivity contribution is -0.150. The number of fused-ring (bicyclic) bond motifs is 1.